The first-order valence-electron chi connectivity index (χ1n) is 7.14. The second-order valence-electron chi connectivity index (χ2n) is 4.74. The molecule has 3 aromatic rings. The van der Waals surface area contributed by atoms with Crippen molar-refractivity contribution in [2.24, 2.45) is 0 Å². The van der Waals surface area contributed by atoms with E-state index in [4.69, 9.17) is 4.74 Å². The number of carbonyl (C=O) groups excluding carboxylic acids is 1. The molecule has 0 aliphatic heterocycles. The van der Waals surface area contributed by atoms with Gasteiger partial charge in [0.25, 0.3) is 0 Å². The zero-order valence-corrected chi connectivity index (χ0v) is 12.2. The third-order valence-electron chi connectivity index (χ3n) is 3.28. The van der Waals surface area contributed by atoms with Crippen LogP contribution in [0.15, 0.2) is 60.8 Å². The van der Waals surface area contributed by atoms with Crippen molar-refractivity contribution in [2.45, 2.75) is 6.92 Å². The molecule has 0 amide bonds. The van der Waals surface area contributed by atoms with Gasteiger partial charge in [-0.2, -0.15) is 0 Å². The first-order valence-corrected chi connectivity index (χ1v) is 7.14. The summed E-state index contributed by atoms with van der Waals surface area (Å²) in [5.41, 5.74) is 3.05. The van der Waals surface area contributed by atoms with Crippen molar-refractivity contribution in [3.8, 4) is 11.8 Å². The average Bonchev–Trinajstić information content (AvgIpc) is 2.93. The van der Waals surface area contributed by atoms with Gasteiger partial charge in [0.2, 0.25) is 0 Å². The molecule has 22 heavy (non-hydrogen) atoms. The predicted molar refractivity (Wildman–Crippen MR) is 85.8 cm³/mol. The van der Waals surface area contributed by atoms with E-state index >= 15 is 0 Å². The summed E-state index contributed by atoms with van der Waals surface area (Å²) in [6.45, 7) is 2.15. The quantitative estimate of drug-likeness (QED) is 0.534. The van der Waals surface area contributed by atoms with E-state index in [-0.39, 0.29) is 5.97 Å². The van der Waals surface area contributed by atoms with E-state index in [1.54, 1.807) is 13.0 Å². The fourth-order valence-electron chi connectivity index (χ4n) is 2.28. The standard InChI is InChI=1S/C19H15NO2/c1-2-22-19(21)17-14-16(20-13-7-6-10-18(17)20)12-11-15-8-4-3-5-9-15/h3-10,13-14H,2H2,1H3. The van der Waals surface area contributed by atoms with Gasteiger partial charge in [-0.05, 0) is 43.2 Å². The predicted octanol–water partition coefficient (Wildman–Crippen LogP) is 3.52. The lowest BCUT2D eigenvalue weighted by Crippen LogP contribution is -2.03. The van der Waals surface area contributed by atoms with Gasteiger partial charge in [0, 0.05) is 11.8 Å². The number of aromatic nitrogens is 1. The van der Waals surface area contributed by atoms with Crippen molar-refractivity contribution in [1.29, 1.82) is 0 Å². The maximum atomic E-state index is 12.1. The minimum Gasteiger partial charge on any atom is -0.462 e. The lowest BCUT2D eigenvalue weighted by molar-refractivity contribution is 0.0529. The number of fused-ring (bicyclic) bond motifs is 1. The van der Waals surface area contributed by atoms with Crippen molar-refractivity contribution in [3.05, 3.63) is 77.6 Å². The molecule has 0 aliphatic carbocycles. The second-order valence-corrected chi connectivity index (χ2v) is 4.74. The largest absolute Gasteiger partial charge is 0.462 e. The first-order chi connectivity index (χ1) is 10.8. The van der Waals surface area contributed by atoms with E-state index in [0.717, 1.165) is 16.8 Å². The number of ether oxygens (including phenoxy) is 1. The molecular weight excluding hydrogens is 274 g/mol. The Labute approximate surface area is 129 Å². The Hall–Kier alpha value is -2.99. The number of hydrogen-bond donors (Lipinski definition) is 0. The van der Waals surface area contributed by atoms with Crippen LogP contribution in [0.25, 0.3) is 5.52 Å². The van der Waals surface area contributed by atoms with Crippen LogP contribution in [0.4, 0.5) is 0 Å². The number of nitrogens with zero attached hydrogens (tertiary/aromatic N) is 1. The third-order valence-corrected chi connectivity index (χ3v) is 3.28. The van der Waals surface area contributed by atoms with Crippen LogP contribution >= 0.6 is 0 Å². The number of rotatable bonds is 2. The molecule has 0 saturated heterocycles. The van der Waals surface area contributed by atoms with E-state index < -0.39 is 0 Å². The van der Waals surface area contributed by atoms with Gasteiger partial charge in [0.1, 0.15) is 0 Å². The molecule has 0 unspecified atom stereocenters. The molecule has 3 heteroatoms. The molecule has 0 atom stereocenters. The molecule has 3 nitrogen and oxygen atoms in total. The van der Waals surface area contributed by atoms with Crippen LogP contribution in [0.3, 0.4) is 0 Å². The van der Waals surface area contributed by atoms with Gasteiger partial charge in [0.05, 0.1) is 23.4 Å². The van der Waals surface area contributed by atoms with Crippen LogP contribution in [0.5, 0.6) is 0 Å². The minimum atomic E-state index is -0.320. The molecule has 1 aromatic carbocycles. The van der Waals surface area contributed by atoms with Gasteiger partial charge < -0.3 is 9.14 Å². The van der Waals surface area contributed by atoms with Crippen molar-refractivity contribution in [1.82, 2.24) is 4.40 Å². The Balaban J connectivity index is 2.07. The maximum absolute atomic E-state index is 12.1. The SMILES string of the molecule is CCOC(=O)c1cc(C#Cc2ccccc2)n2ccccc12. The van der Waals surface area contributed by atoms with Crippen LogP contribution in [0.2, 0.25) is 0 Å². The van der Waals surface area contributed by atoms with Crippen LogP contribution in [0, 0.1) is 11.8 Å². The van der Waals surface area contributed by atoms with Crippen molar-refractivity contribution in [2.75, 3.05) is 6.61 Å². The summed E-state index contributed by atoms with van der Waals surface area (Å²) in [7, 11) is 0. The molecule has 0 spiro atoms. The normalized spacial score (nSPS) is 10.0. The molecule has 0 aliphatic rings. The van der Waals surface area contributed by atoms with E-state index in [9.17, 15) is 4.79 Å². The molecule has 3 rings (SSSR count). The highest BCUT2D eigenvalue weighted by molar-refractivity contribution is 5.98. The Morgan fingerprint density at radius 3 is 2.64 bits per heavy atom. The van der Waals surface area contributed by atoms with Crippen molar-refractivity contribution in [3.63, 3.8) is 0 Å². The topological polar surface area (TPSA) is 30.7 Å². The molecular formula is C19H15NO2. The summed E-state index contributed by atoms with van der Waals surface area (Å²) in [5, 5.41) is 0. The van der Waals surface area contributed by atoms with Crippen LogP contribution < -0.4 is 0 Å². The van der Waals surface area contributed by atoms with Gasteiger partial charge in [-0.25, -0.2) is 4.79 Å². The fraction of sp³-hybridized carbons (Fsp3) is 0.105. The zero-order chi connectivity index (χ0) is 15.4. The van der Waals surface area contributed by atoms with Gasteiger partial charge in [-0.15, -0.1) is 0 Å². The lowest BCUT2D eigenvalue weighted by Gasteiger charge is -2.00. The highest BCUT2D eigenvalue weighted by atomic mass is 16.5. The van der Waals surface area contributed by atoms with Crippen LogP contribution in [-0.4, -0.2) is 17.0 Å². The Morgan fingerprint density at radius 1 is 1.09 bits per heavy atom. The minimum absolute atomic E-state index is 0.320. The zero-order valence-electron chi connectivity index (χ0n) is 12.2. The summed E-state index contributed by atoms with van der Waals surface area (Å²) in [4.78, 5) is 12.1. The van der Waals surface area contributed by atoms with Crippen LogP contribution in [0.1, 0.15) is 28.5 Å². The third kappa shape index (κ3) is 2.72. The summed E-state index contributed by atoms with van der Waals surface area (Å²) < 4.78 is 7.02. The molecule has 2 heterocycles. The number of pyridine rings is 1. The van der Waals surface area contributed by atoms with E-state index in [1.807, 2.05) is 59.1 Å². The van der Waals surface area contributed by atoms with Crippen LogP contribution in [-0.2, 0) is 4.74 Å². The number of hydrogen-bond acceptors (Lipinski definition) is 2. The van der Waals surface area contributed by atoms with Crippen molar-refractivity contribution >= 4 is 11.5 Å². The molecule has 2 aromatic heterocycles. The monoisotopic (exact) mass is 289 g/mol. The van der Waals surface area contributed by atoms with Gasteiger partial charge in [-0.3, -0.25) is 0 Å². The first kappa shape index (κ1) is 14.0. The molecule has 0 fully saturated rings. The van der Waals surface area contributed by atoms with Gasteiger partial charge >= 0.3 is 5.97 Å². The Morgan fingerprint density at radius 2 is 1.86 bits per heavy atom. The number of benzene rings is 1. The van der Waals surface area contributed by atoms with E-state index in [1.165, 1.54) is 0 Å². The fourth-order valence-corrected chi connectivity index (χ4v) is 2.28. The highest BCUT2D eigenvalue weighted by Crippen LogP contribution is 2.17. The van der Waals surface area contributed by atoms with E-state index in [2.05, 4.69) is 11.8 Å². The Bertz CT molecular complexity index is 867. The van der Waals surface area contributed by atoms with Gasteiger partial charge in [0.15, 0.2) is 0 Å². The van der Waals surface area contributed by atoms with Crippen molar-refractivity contribution < 1.29 is 9.53 Å². The molecule has 0 saturated carbocycles. The number of esters is 1. The summed E-state index contributed by atoms with van der Waals surface area (Å²) in [5.74, 6) is 5.92. The summed E-state index contributed by atoms with van der Waals surface area (Å²) in [6.07, 6.45) is 1.90. The second kappa shape index (κ2) is 6.19. The smallest absolute Gasteiger partial charge is 0.340 e. The molecule has 108 valence electrons. The highest BCUT2D eigenvalue weighted by Gasteiger charge is 2.15. The molecule has 0 bridgehead atoms. The summed E-state index contributed by atoms with van der Waals surface area (Å²) >= 11 is 0. The number of carbonyl (C=O) groups is 1. The Kier molecular flexibility index (Phi) is 3.93. The molecule has 0 radical (unpaired) electrons. The molecule has 0 N–H and O–H groups in total. The van der Waals surface area contributed by atoms with Gasteiger partial charge in [-0.1, -0.05) is 30.2 Å². The maximum Gasteiger partial charge on any atom is 0.340 e. The summed E-state index contributed by atoms with van der Waals surface area (Å²) in [6, 6.07) is 17.2. The lowest BCUT2D eigenvalue weighted by atomic mass is 10.2. The average molecular weight is 289 g/mol. The van der Waals surface area contributed by atoms with E-state index in [0.29, 0.717) is 12.2 Å².